The van der Waals surface area contributed by atoms with Gasteiger partial charge >= 0.3 is 6.09 Å². The van der Waals surface area contributed by atoms with Crippen molar-refractivity contribution in [1.82, 2.24) is 30.3 Å². The second-order valence-corrected chi connectivity index (χ2v) is 7.74. The molecule has 0 spiro atoms. The first-order valence-electron chi connectivity index (χ1n) is 10.9. The fourth-order valence-corrected chi connectivity index (χ4v) is 3.24. The SMILES string of the molecule is CCOC(=O)N1CCC(NC(=NCCC(C)C)NCCn2cnnc2CC)CC1.I. The minimum absolute atomic E-state index is 0. The molecule has 2 N–H and O–H groups in total. The number of likely N-dealkylation sites (tertiary alicyclic amines) is 1. The van der Waals surface area contributed by atoms with E-state index < -0.39 is 0 Å². The Morgan fingerprint density at radius 1 is 1.33 bits per heavy atom. The highest BCUT2D eigenvalue weighted by Gasteiger charge is 2.24. The first-order valence-corrected chi connectivity index (χ1v) is 10.9. The number of hydrogen-bond donors (Lipinski definition) is 2. The number of hydrogen-bond acceptors (Lipinski definition) is 5. The van der Waals surface area contributed by atoms with Gasteiger partial charge in [-0.15, -0.1) is 34.2 Å². The monoisotopic (exact) mass is 535 g/mol. The predicted molar refractivity (Wildman–Crippen MR) is 129 cm³/mol. The summed E-state index contributed by atoms with van der Waals surface area (Å²) in [5.41, 5.74) is 0. The predicted octanol–water partition coefficient (Wildman–Crippen LogP) is 2.66. The van der Waals surface area contributed by atoms with E-state index in [0.717, 1.165) is 57.1 Å². The summed E-state index contributed by atoms with van der Waals surface area (Å²) in [7, 11) is 0. The van der Waals surface area contributed by atoms with Gasteiger partial charge < -0.3 is 24.8 Å². The van der Waals surface area contributed by atoms with Gasteiger partial charge in [0.1, 0.15) is 12.2 Å². The molecule has 0 unspecified atom stereocenters. The number of aliphatic imine (C=N–C) groups is 1. The van der Waals surface area contributed by atoms with Crippen LogP contribution in [0.4, 0.5) is 4.79 Å². The zero-order chi connectivity index (χ0) is 21.1. The van der Waals surface area contributed by atoms with E-state index in [4.69, 9.17) is 9.73 Å². The maximum Gasteiger partial charge on any atom is 0.409 e. The standard InChI is InChI=1S/C20H37N7O2.HI/c1-5-18-25-23-15-27(18)14-11-22-19(21-10-7-16(3)4)24-17-8-12-26(13-9-17)20(28)29-6-2;/h15-17H,5-14H2,1-4H3,(H2,21,22,24);1H. The number of nitrogens with zero attached hydrogens (tertiary/aromatic N) is 5. The maximum atomic E-state index is 11.9. The van der Waals surface area contributed by atoms with Crippen molar-refractivity contribution < 1.29 is 9.53 Å². The fourth-order valence-electron chi connectivity index (χ4n) is 3.24. The van der Waals surface area contributed by atoms with Crippen LogP contribution in [0, 0.1) is 5.92 Å². The van der Waals surface area contributed by atoms with Crippen LogP contribution in [0.25, 0.3) is 0 Å². The third-order valence-electron chi connectivity index (χ3n) is 5.00. The van der Waals surface area contributed by atoms with Crippen molar-refractivity contribution in [3.8, 4) is 0 Å². The molecule has 1 amide bonds. The van der Waals surface area contributed by atoms with E-state index in [-0.39, 0.29) is 30.1 Å². The third kappa shape index (κ3) is 9.05. The summed E-state index contributed by atoms with van der Waals surface area (Å²) in [6, 6.07) is 0.298. The van der Waals surface area contributed by atoms with E-state index in [0.29, 0.717) is 31.7 Å². The fraction of sp³-hybridized carbons (Fsp3) is 0.800. The molecule has 0 atom stereocenters. The molecule has 1 aromatic rings. The Labute approximate surface area is 197 Å². The number of ether oxygens (including phenoxy) is 1. The molecule has 1 saturated heterocycles. The van der Waals surface area contributed by atoms with Gasteiger partial charge in [-0.3, -0.25) is 4.99 Å². The van der Waals surface area contributed by atoms with Gasteiger partial charge in [-0.25, -0.2) is 4.79 Å². The molecule has 0 aromatic carbocycles. The maximum absolute atomic E-state index is 11.9. The molecule has 0 aliphatic carbocycles. The van der Waals surface area contributed by atoms with E-state index >= 15 is 0 Å². The van der Waals surface area contributed by atoms with Crippen molar-refractivity contribution in [2.45, 2.75) is 66.0 Å². The summed E-state index contributed by atoms with van der Waals surface area (Å²) < 4.78 is 7.16. The van der Waals surface area contributed by atoms with Crippen molar-refractivity contribution in [3.63, 3.8) is 0 Å². The van der Waals surface area contributed by atoms with Gasteiger partial charge in [0.2, 0.25) is 0 Å². The highest BCUT2D eigenvalue weighted by molar-refractivity contribution is 14.0. The number of rotatable bonds is 9. The van der Waals surface area contributed by atoms with Crippen molar-refractivity contribution in [2.75, 3.05) is 32.8 Å². The minimum Gasteiger partial charge on any atom is -0.450 e. The number of halogens is 1. The molecule has 1 aliphatic heterocycles. The average Bonchev–Trinajstić information content (AvgIpc) is 3.16. The van der Waals surface area contributed by atoms with Gasteiger partial charge in [0.25, 0.3) is 0 Å². The second-order valence-electron chi connectivity index (χ2n) is 7.74. The molecule has 1 fully saturated rings. The molecule has 1 aromatic heterocycles. The van der Waals surface area contributed by atoms with Crippen LogP contribution in [0.1, 0.15) is 52.8 Å². The van der Waals surface area contributed by atoms with Gasteiger partial charge in [0.05, 0.1) is 6.61 Å². The van der Waals surface area contributed by atoms with E-state index in [1.165, 1.54) is 0 Å². The summed E-state index contributed by atoms with van der Waals surface area (Å²) in [4.78, 5) is 18.4. The molecule has 10 heteroatoms. The molecule has 30 heavy (non-hydrogen) atoms. The van der Waals surface area contributed by atoms with E-state index in [2.05, 4.69) is 46.2 Å². The molecule has 1 aliphatic rings. The van der Waals surface area contributed by atoms with Crippen molar-refractivity contribution >= 4 is 36.0 Å². The highest BCUT2D eigenvalue weighted by atomic mass is 127. The molecular weight excluding hydrogens is 497 g/mol. The van der Waals surface area contributed by atoms with Crippen LogP contribution in [0.2, 0.25) is 0 Å². The van der Waals surface area contributed by atoms with Gasteiger partial charge in [-0.1, -0.05) is 20.8 Å². The Bertz CT molecular complexity index is 643. The molecule has 2 rings (SSSR count). The number of aromatic nitrogens is 3. The lowest BCUT2D eigenvalue weighted by atomic mass is 10.1. The highest BCUT2D eigenvalue weighted by Crippen LogP contribution is 2.11. The molecule has 9 nitrogen and oxygen atoms in total. The lowest BCUT2D eigenvalue weighted by Gasteiger charge is -2.32. The molecule has 0 saturated carbocycles. The number of piperidine rings is 1. The van der Waals surface area contributed by atoms with Crippen LogP contribution >= 0.6 is 24.0 Å². The topological polar surface area (TPSA) is 96.7 Å². The zero-order valence-electron chi connectivity index (χ0n) is 18.8. The lowest BCUT2D eigenvalue weighted by molar-refractivity contribution is 0.0963. The van der Waals surface area contributed by atoms with E-state index in [9.17, 15) is 4.79 Å². The van der Waals surface area contributed by atoms with E-state index in [1.54, 1.807) is 11.2 Å². The average molecular weight is 535 g/mol. The number of guanidine groups is 1. The van der Waals surface area contributed by atoms with Crippen LogP contribution in [0.5, 0.6) is 0 Å². The van der Waals surface area contributed by atoms with Gasteiger partial charge in [-0.2, -0.15) is 0 Å². The lowest BCUT2D eigenvalue weighted by Crippen LogP contribution is -2.50. The van der Waals surface area contributed by atoms with Crippen LogP contribution in [-0.2, 0) is 17.7 Å². The number of carbonyl (C=O) groups is 1. The summed E-state index contributed by atoms with van der Waals surface area (Å²) in [6.45, 7) is 12.5. The Balaban J connectivity index is 0.00000450. The van der Waals surface area contributed by atoms with Crippen LogP contribution in [0.15, 0.2) is 11.3 Å². The van der Waals surface area contributed by atoms with Crippen molar-refractivity contribution in [2.24, 2.45) is 10.9 Å². The normalized spacial score (nSPS) is 15.1. The summed E-state index contributed by atoms with van der Waals surface area (Å²) in [5, 5.41) is 15.1. The third-order valence-corrected chi connectivity index (χ3v) is 5.00. The molecule has 0 radical (unpaired) electrons. The number of nitrogens with one attached hydrogen (secondary N) is 2. The van der Waals surface area contributed by atoms with Gasteiger partial charge in [-0.05, 0) is 32.1 Å². The molecule has 172 valence electrons. The first kappa shape index (κ1) is 26.4. The molecule has 2 heterocycles. The van der Waals surface area contributed by atoms with Crippen molar-refractivity contribution in [3.05, 3.63) is 12.2 Å². The Hall–Kier alpha value is -1.59. The van der Waals surface area contributed by atoms with Gasteiger partial charge in [0.15, 0.2) is 5.96 Å². The smallest absolute Gasteiger partial charge is 0.409 e. The Morgan fingerprint density at radius 3 is 2.70 bits per heavy atom. The Kier molecular flexibility index (Phi) is 12.7. The molecule has 0 bridgehead atoms. The van der Waals surface area contributed by atoms with Crippen LogP contribution < -0.4 is 10.6 Å². The second kappa shape index (κ2) is 14.4. The van der Waals surface area contributed by atoms with Crippen molar-refractivity contribution in [1.29, 1.82) is 0 Å². The number of amides is 1. The number of carbonyl (C=O) groups excluding carboxylic acids is 1. The quantitative estimate of drug-likeness (QED) is 0.287. The zero-order valence-corrected chi connectivity index (χ0v) is 21.1. The minimum atomic E-state index is -0.212. The summed E-state index contributed by atoms with van der Waals surface area (Å²) >= 11 is 0. The van der Waals surface area contributed by atoms with Crippen LogP contribution in [0.3, 0.4) is 0 Å². The Morgan fingerprint density at radius 2 is 2.07 bits per heavy atom. The summed E-state index contributed by atoms with van der Waals surface area (Å²) in [6.07, 6.45) is 5.25. The van der Waals surface area contributed by atoms with Gasteiger partial charge in [0, 0.05) is 45.2 Å². The largest absolute Gasteiger partial charge is 0.450 e. The number of aryl methyl sites for hydroxylation is 1. The first-order chi connectivity index (χ1) is 14.0. The van der Waals surface area contributed by atoms with Crippen LogP contribution in [-0.4, -0.2) is 70.5 Å². The molecular formula is C20H38IN7O2. The summed E-state index contributed by atoms with van der Waals surface area (Å²) in [5.74, 6) is 2.45. The van der Waals surface area contributed by atoms with E-state index in [1.807, 2.05) is 6.92 Å².